The van der Waals surface area contributed by atoms with E-state index in [1.165, 1.54) is 19.3 Å². The van der Waals surface area contributed by atoms with Crippen LogP contribution < -0.4 is 10.6 Å². The van der Waals surface area contributed by atoms with Crippen LogP contribution in [-0.2, 0) is 4.74 Å². The molecule has 0 bridgehead atoms. The van der Waals surface area contributed by atoms with Gasteiger partial charge in [0.2, 0.25) is 0 Å². The van der Waals surface area contributed by atoms with Gasteiger partial charge in [0.25, 0.3) is 0 Å². The van der Waals surface area contributed by atoms with Gasteiger partial charge in [0.15, 0.2) is 0 Å². The van der Waals surface area contributed by atoms with Crippen molar-refractivity contribution in [1.29, 1.82) is 0 Å². The highest BCUT2D eigenvalue weighted by Gasteiger charge is 2.41. The Kier molecular flexibility index (Phi) is 3.43. The van der Waals surface area contributed by atoms with Crippen LogP contribution in [0.15, 0.2) is 0 Å². The fourth-order valence-electron chi connectivity index (χ4n) is 3.30. The Morgan fingerprint density at radius 1 is 1.33 bits per heavy atom. The first-order chi connectivity index (χ1) is 8.77. The first-order valence-corrected chi connectivity index (χ1v) is 7.16. The summed E-state index contributed by atoms with van der Waals surface area (Å²) in [6, 6.07) is 0.446. The average Bonchev–Trinajstić information content (AvgIpc) is 2.38. The van der Waals surface area contributed by atoms with Gasteiger partial charge >= 0.3 is 6.03 Å². The smallest absolute Gasteiger partial charge is 0.317 e. The first kappa shape index (κ1) is 12.2. The molecule has 3 rings (SSSR count). The summed E-state index contributed by atoms with van der Waals surface area (Å²) in [4.78, 5) is 14.0. The van der Waals surface area contributed by atoms with Gasteiger partial charge in [0.05, 0.1) is 13.2 Å². The molecule has 3 fully saturated rings. The van der Waals surface area contributed by atoms with E-state index in [1.54, 1.807) is 0 Å². The van der Waals surface area contributed by atoms with Crippen LogP contribution in [0.2, 0.25) is 0 Å². The van der Waals surface area contributed by atoms with E-state index in [0.29, 0.717) is 24.8 Å². The summed E-state index contributed by atoms with van der Waals surface area (Å²) < 4.78 is 5.27. The maximum atomic E-state index is 12.1. The number of rotatable bonds is 1. The quantitative estimate of drug-likeness (QED) is 0.723. The molecule has 0 aromatic heterocycles. The maximum Gasteiger partial charge on any atom is 0.317 e. The highest BCUT2D eigenvalue weighted by Crippen LogP contribution is 2.38. The van der Waals surface area contributed by atoms with Gasteiger partial charge in [-0.2, -0.15) is 0 Å². The SMILES string of the molecule is O=C(NC1CCNC2(CCC2)C1)N1CCOCC1. The zero-order valence-electron chi connectivity index (χ0n) is 10.9. The van der Waals surface area contributed by atoms with Crippen molar-refractivity contribution in [2.45, 2.75) is 43.7 Å². The van der Waals surface area contributed by atoms with Crippen LogP contribution in [-0.4, -0.2) is 55.4 Å². The standard InChI is InChI=1S/C13H23N3O2/c17-12(16-6-8-18-9-7-16)15-11-2-5-14-13(10-11)3-1-4-13/h11,14H,1-10H2,(H,15,17). The lowest BCUT2D eigenvalue weighted by Crippen LogP contribution is -2.61. The van der Waals surface area contributed by atoms with E-state index in [-0.39, 0.29) is 6.03 Å². The number of carbonyl (C=O) groups is 1. The van der Waals surface area contributed by atoms with Crippen molar-refractivity contribution in [3.8, 4) is 0 Å². The van der Waals surface area contributed by atoms with Crippen molar-refractivity contribution in [3.05, 3.63) is 0 Å². The molecular weight excluding hydrogens is 230 g/mol. The molecular formula is C13H23N3O2. The third kappa shape index (κ3) is 2.47. The van der Waals surface area contributed by atoms with Crippen LogP contribution >= 0.6 is 0 Å². The number of urea groups is 1. The van der Waals surface area contributed by atoms with E-state index in [2.05, 4.69) is 10.6 Å². The summed E-state index contributed by atoms with van der Waals surface area (Å²) in [5, 5.41) is 6.83. The molecule has 3 aliphatic rings. The maximum absolute atomic E-state index is 12.1. The third-order valence-corrected chi connectivity index (χ3v) is 4.57. The molecule has 18 heavy (non-hydrogen) atoms. The van der Waals surface area contributed by atoms with Gasteiger partial charge in [-0.15, -0.1) is 0 Å². The Balaban J connectivity index is 1.50. The predicted molar refractivity (Wildman–Crippen MR) is 68.5 cm³/mol. The van der Waals surface area contributed by atoms with Gasteiger partial charge in [-0.25, -0.2) is 4.79 Å². The second-order valence-corrected chi connectivity index (χ2v) is 5.80. The number of nitrogens with zero attached hydrogens (tertiary/aromatic N) is 1. The molecule has 0 aromatic rings. The van der Waals surface area contributed by atoms with Gasteiger partial charge in [-0.1, -0.05) is 0 Å². The largest absolute Gasteiger partial charge is 0.378 e. The van der Waals surface area contributed by atoms with Gasteiger partial charge in [0, 0.05) is 24.7 Å². The minimum absolute atomic E-state index is 0.0969. The van der Waals surface area contributed by atoms with Crippen LogP contribution in [0.5, 0.6) is 0 Å². The summed E-state index contributed by atoms with van der Waals surface area (Å²) in [7, 11) is 0. The molecule has 102 valence electrons. The molecule has 0 radical (unpaired) electrons. The van der Waals surface area contributed by atoms with Crippen LogP contribution in [0.1, 0.15) is 32.1 Å². The topological polar surface area (TPSA) is 53.6 Å². The number of amides is 2. The normalized spacial score (nSPS) is 30.9. The summed E-state index contributed by atoms with van der Waals surface area (Å²) in [6.45, 7) is 3.82. The van der Waals surface area contributed by atoms with Crippen molar-refractivity contribution in [1.82, 2.24) is 15.5 Å². The molecule has 2 aliphatic heterocycles. The van der Waals surface area contributed by atoms with Crippen LogP contribution in [0, 0.1) is 0 Å². The minimum atomic E-state index is 0.0969. The zero-order chi connectivity index (χ0) is 12.4. The molecule has 1 aliphatic carbocycles. The lowest BCUT2D eigenvalue weighted by atomic mass is 9.70. The Bertz CT molecular complexity index is 311. The second kappa shape index (κ2) is 5.05. The molecule has 2 heterocycles. The van der Waals surface area contributed by atoms with E-state index in [0.717, 1.165) is 32.5 Å². The Morgan fingerprint density at radius 2 is 2.11 bits per heavy atom. The van der Waals surface area contributed by atoms with Crippen LogP contribution in [0.3, 0.4) is 0 Å². The van der Waals surface area contributed by atoms with Gasteiger partial charge < -0.3 is 20.3 Å². The van der Waals surface area contributed by atoms with E-state index < -0.39 is 0 Å². The Hall–Kier alpha value is -0.810. The molecule has 1 atom stereocenters. The molecule has 0 aromatic carbocycles. The molecule has 5 nitrogen and oxygen atoms in total. The fourth-order valence-corrected chi connectivity index (χ4v) is 3.30. The van der Waals surface area contributed by atoms with E-state index >= 15 is 0 Å². The van der Waals surface area contributed by atoms with E-state index in [4.69, 9.17) is 4.74 Å². The minimum Gasteiger partial charge on any atom is -0.378 e. The number of carbonyl (C=O) groups excluding carboxylic acids is 1. The van der Waals surface area contributed by atoms with Gasteiger partial charge in [-0.05, 0) is 38.6 Å². The Morgan fingerprint density at radius 3 is 2.78 bits per heavy atom. The molecule has 1 spiro atoms. The first-order valence-electron chi connectivity index (χ1n) is 7.16. The highest BCUT2D eigenvalue weighted by atomic mass is 16.5. The molecule has 2 N–H and O–H groups in total. The monoisotopic (exact) mass is 253 g/mol. The van der Waals surface area contributed by atoms with Crippen molar-refractivity contribution in [2.24, 2.45) is 0 Å². The number of hydrogen-bond acceptors (Lipinski definition) is 3. The number of nitrogens with one attached hydrogen (secondary N) is 2. The second-order valence-electron chi connectivity index (χ2n) is 5.80. The lowest BCUT2D eigenvalue weighted by molar-refractivity contribution is 0.0504. The average molecular weight is 253 g/mol. The van der Waals surface area contributed by atoms with Crippen molar-refractivity contribution < 1.29 is 9.53 Å². The molecule has 5 heteroatoms. The summed E-state index contributed by atoms with van der Waals surface area (Å²) >= 11 is 0. The number of ether oxygens (including phenoxy) is 1. The van der Waals surface area contributed by atoms with E-state index in [9.17, 15) is 4.79 Å². The van der Waals surface area contributed by atoms with Gasteiger partial charge in [0.1, 0.15) is 0 Å². The molecule has 2 amide bonds. The zero-order valence-corrected chi connectivity index (χ0v) is 10.9. The van der Waals surface area contributed by atoms with Crippen molar-refractivity contribution >= 4 is 6.03 Å². The Labute approximate surface area is 108 Å². The van der Waals surface area contributed by atoms with Crippen molar-refractivity contribution in [3.63, 3.8) is 0 Å². The van der Waals surface area contributed by atoms with Crippen LogP contribution in [0.25, 0.3) is 0 Å². The molecule has 2 saturated heterocycles. The van der Waals surface area contributed by atoms with Crippen molar-refractivity contribution in [2.75, 3.05) is 32.8 Å². The predicted octanol–water partition coefficient (Wildman–Crippen LogP) is 0.703. The lowest BCUT2D eigenvalue weighted by Gasteiger charge is -2.48. The molecule has 1 saturated carbocycles. The summed E-state index contributed by atoms with van der Waals surface area (Å²) in [6.07, 6.45) is 6.03. The summed E-state index contributed by atoms with van der Waals surface area (Å²) in [5.41, 5.74) is 0.348. The number of hydrogen-bond donors (Lipinski definition) is 2. The molecule has 1 unspecified atom stereocenters. The number of morpholine rings is 1. The van der Waals surface area contributed by atoms with E-state index in [1.807, 2.05) is 4.90 Å². The summed E-state index contributed by atoms with van der Waals surface area (Å²) in [5.74, 6) is 0. The fraction of sp³-hybridized carbons (Fsp3) is 0.923. The van der Waals surface area contributed by atoms with Gasteiger partial charge in [-0.3, -0.25) is 0 Å². The number of piperidine rings is 1. The third-order valence-electron chi connectivity index (χ3n) is 4.57. The highest BCUT2D eigenvalue weighted by molar-refractivity contribution is 5.74. The van der Waals surface area contributed by atoms with Crippen LogP contribution in [0.4, 0.5) is 4.79 Å².